The lowest BCUT2D eigenvalue weighted by molar-refractivity contribution is -0.111. The fourth-order valence-electron chi connectivity index (χ4n) is 2.93. The molecule has 0 saturated heterocycles. The molecular formula is C25H24ClNO4. The molecule has 3 aromatic rings. The first-order valence-corrected chi connectivity index (χ1v) is 10.1. The van der Waals surface area contributed by atoms with Gasteiger partial charge in [0.05, 0.1) is 19.2 Å². The number of benzene rings is 3. The number of halogens is 1. The molecular weight excluding hydrogens is 414 g/mol. The molecule has 0 bridgehead atoms. The summed E-state index contributed by atoms with van der Waals surface area (Å²) in [5.41, 5.74) is 3.68. The van der Waals surface area contributed by atoms with E-state index in [1.807, 2.05) is 36.4 Å². The van der Waals surface area contributed by atoms with Gasteiger partial charge in [0.2, 0.25) is 5.91 Å². The molecule has 3 aromatic carbocycles. The van der Waals surface area contributed by atoms with Gasteiger partial charge in [0.25, 0.3) is 0 Å². The monoisotopic (exact) mass is 437 g/mol. The molecule has 0 aliphatic carbocycles. The Morgan fingerprint density at radius 1 is 0.968 bits per heavy atom. The molecule has 0 heterocycles. The van der Waals surface area contributed by atoms with E-state index in [2.05, 4.69) is 18.3 Å². The van der Waals surface area contributed by atoms with Gasteiger partial charge in [0, 0.05) is 11.8 Å². The van der Waals surface area contributed by atoms with Crippen molar-refractivity contribution in [3.63, 3.8) is 0 Å². The molecule has 0 radical (unpaired) electrons. The average Bonchev–Trinajstić information content (AvgIpc) is 2.77. The van der Waals surface area contributed by atoms with Crippen LogP contribution in [0.25, 0.3) is 6.08 Å². The summed E-state index contributed by atoms with van der Waals surface area (Å²) >= 11 is 6.09. The largest absolute Gasteiger partial charge is 0.495 e. The number of methoxy groups -OCH3 is 2. The highest BCUT2D eigenvalue weighted by Gasteiger charge is 2.07. The molecule has 160 valence electrons. The summed E-state index contributed by atoms with van der Waals surface area (Å²) in [5.74, 6) is 1.51. The number of carbonyl (C=O) groups is 1. The molecule has 0 aromatic heterocycles. The fraction of sp³-hybridized carbons (Fsp3) is 0.160. The van der Waals surface area contributed by atoms with E-state index in [1.54, 1.807) is 31.4 Å². The zero-order valence-corrected chi connectivity index (χ0v) is 18.4. The number of ether oxygens (including phenoxy) is 3. The third-order valence-corrected chi connectivity index (χ3v) is 4.97. The lowest BCUT2D eigenvalue weighted by Crippen LogP contribution is -2.07. The van der Waals surface area contributed by atoms with Crippen LogP contribution in [-0.4, -0.2) is 20.1 Å². The van der Waals surface area contributed by atoms with E-state index in [0.29, 0.717) is 34.6 Å². The quantitative estimate of drug-likeness (QED) is 0.446. The minimum Gasteiger partial charge on any atom is -0.495 e. The Morgan fingerprint density at radius 3 is 2.42 bits per heavy atom. The van der Waals surface area contributed by atoms with Gasteiger partial charge in [-0.05, 0) is 60.0 Å². The lowest BCUT2D eigenvalue weighted by Gasteiger charge is -2.12. The Morgan fingerprint density at radius 2 is 1.71 bits per heavy atom. The molecule has 1 N–H and O–H groups in total. The van der Waals surface area contributed by atoms with Crippen LogP contribution in [0.15, 0.2) is 66.7 Å². The second-order valence-corrected chi connectivity index (χ2v) is 7.20. The Labute approximate surface area is 187 Å². The average molecular weight is 438 g/mol. The van der Waals surface area contributed by atoms with E-state index in [0.717, 1.165) is 11.1 Å². The summed E-state index contributed by atoms with van der Waals surface area (Å²) in [6.45, 7) is 2.50. The van der Waals surface area contributed by atoms with Crippen LogP contribution in [0.1, 0.15) is 16.7 Å². The minimum atomic E-state index is -0.278. The van der Waals surface area contributed by atoms with Gasteiger partial charge in [-0.3, -0.25) is 4.79 Å². The highest BCUT2D eigenvalue weighted by atomic mass is 35.5. The van der Waals surface area contributed by atoms with Gasteiger partial charge >= 0.3 is 0 Å². The molecule has 3 rings (SSSR count). The topological polar surface area (TPSA) is 56.8 Å². The van der Waals surface area contributed by atoms with Crippen molar-refractivity contribution < 1.29 is 19.0 Å². The molecule has 31 heavy (non-hydrogen) atoms. The summed E-state index contributed by atoms with van der Waals surface area (Å²) in [6.07, 6.45) is 3.15. The van der Waals surface area contributed by atoms with E-state index in [-0.39, 0.29) is 5.91 Å². The second kappa shape index (κ2) is 10.5. The number of amides is 1. The molecule has 0 atom stereocenters. The molecule has 0 aliphatic heterocycles. The maximum Gasteiger partial charge on any atom is 0.248 e. The predicted octanol–water partition coefficient (Wildman–Crippen LogP) is 5.90. The lowest BCUT2D eigenvalue weighted by atomic mass is 10.1. The molecule has 0 saturated carbocycles. The predicted molar refractivity (Wildman–Crippen MR) is 124 cm³/mol. The number of nitrogens with one attached hydrogen (secondary N) is 1. The second-order valence-electron chi connectivity index (χ2n) is 6.80. The Hall–Kier alpha value is -3.44. The van der Waals surface area contributed by atoms with Gasteiger partial charge in [-0.15, -0.1) is 0 Å². The fourth-order valence-corrected chi connectivity index (χ4v) is 3.19. The molecule has 5 nitrogen and oxygen atoms in total. The minimum absolute atomic E-state index is 0.278. The van der Waals surface area contributed by atoms with Crippen LogP contribution in [0.4, 0.5) is 5.69 Å². The van der Waals surface area contributed by atoms with Crippen LogP contribution in [0.3, 0.4) is 0 Å². The number of carbonyl (C=O) groups excluding carboxylic acids is 1. The Kier molecular flexibility index (Phi) is 7.57. The summed E-state index contributed by atoms with van der Waals surface area (Å²) < 4.78 is 16.5. The Balaban J connectivity index is 1.64. The van der Waals surface area contributed by atoms with Gasteiger partial charge < -0.3 is 19.5 Å². The van der Waals surface area contributed by atoms with Crippen molar-refractivity contribution in [2.75, 3.05) is 19.5 Å². The first-order valence-electron chi connectivity index (χ1n) is 9.68. The van der Waals surface area contributed by atoms with Gasteiger partial charge in [-0.25, -0.2) is 0 Å². The van der Waals surface area contributed by atoms with Crippen LogP contribution in [0.2, 0.25) is 5.02 Å². The molecule has 6 heteroatoms. The van der Waals surface area contributed by atoms with Crippen molar-refractivity contribution in [1.29, 1.82) is 0 Å². The van der Waals surface area contributed by atoms with Crippen LogP contribution in [0.5, 0.6) is 17.2 Å². The zero-order chi connectivity index (χ0) is 22.2. The van der Waals surface area contributed by atoms with Gasteiger partial charge in [0.1, 0.15) is 12.4 Å². The van der Waals surface area contributed by atoms with Crippen molar-refractivity contribution in [3.05, 3.63) is 88.5 Å². The van der Waals surface area contributed by atoms with E-state index in [9.17, 15) is 4.79 Å². The summed E-state index contributed by atoms with van der Waals surface area (Å²) in [5, 5.41) is 3.19. The normalized spacial score (nSPS) is 10.7. The number of aryl methyl sites for hydroxylation is 1. The third kappa shape index (κ3) is 6.03. The van der Waals surface area contributed by atoms with Crippen molar-refractivity contribution in [1.82, 2.24) is 0 Å². The first-order chi connectivity index (χ1) is 15.0. The van der Waals surface area contributed by atoms with Crippen molar-refractivity contribution >= 4 is 29.3 Å². The van der Waals surface area contributed by atoms with Gasteiger partial charge in [-0.2, -0.15) is 0 Å². The first kappa shape index (κ1) is 22.2. The molecule has 0 spiro atoms. The standard InChI is InChI=1S/C25H24ClNO4/c1-17-6-4-5-7-19(17)16-31-23-11-8-18(14-24(23)30-3)9-13-25(28)27-20-10-12-22(29-2)21(26)15-20/h4-15H,16H2,1-3H3,(H,27,28). The maximum atomic E-state index is 12.2. The number of rotatable bonds is 8. The van der Waals surface area contributed by atoms with E-state index in [1.165, 1.54) is 18.7 Å². The van der Waals surface area contributed by atoms with E-state index < -0.39 is 0 Å². The number of anilines is 1. The Bertz CT molecular complexity index is 1090. The molecule has 0 aliphatic rings. The van der Waals surface area contributed by atoms with E-state index in [4.69, 9.17) is 25.8 Å². The smallest absolute Gasteiger partial charge is 0.248 e. The van der Waals surface area contributed by atoms with Gasteiger partial charge in [-0.1, -0.05) is 41.9 Å². The number of hydrogen-bond donors (Lipinski definition) is 1. The molecule has 1 amide bonds. The molecule has 0 unspecified atom stereocenters. The summed E-state index contributed by atoms with van der Waals surface area (Å²) in [6, 6.07) is 18.6. The summed E-state index contributed by atoms with van der Waals surface area (Å²) in [4.78, 5) is 12.2. The zero-order valence-electron chi connectivity index (χ0n) is 17.6. The van der Waals surface area contributed by atoms with Gasteiger partial charge in [0.15, 0.2) is 11.5 Å². The third-order valence-electron chi connectivity index (χ3n) is 4.68. The highest BCUT2D eigenvalue weighted by molar-refractivity contribution is 6.32. The number of hydrogen-bond acceptors (Lipinski definition) is 4. The van der Waals surface area contributed by atoms with Crippen LogP contribution < -0.4 is 19.5 Å². The van der Waals surface area contributed by atoms with Crippen LogP contribution in [0, 0.1) is 6.92 Å². The van der Waals surface area contributed by atoms with Crippen LogP contribution >= 0.6 is 11.6 Å². The highest BCUT2D eigenvalue weighted by Crippen LogP contribution is 2.30. The molecule has 0 fully saturated rings. The SMILES string of the molecule is COc1ccc(NC(=O)C=Cc2ccc(OCc3ccccc3C)c(OC)c2)cc1Cl. The maximum absolute atomic E-state index is 12.2. The van der Waals surface area contributed by atoms with E-state index >= 15 is 0 Å². The van der Waals surface area contributed by atoms with Crippen molar-refractivity contribution in [2.24, 2.45) is 0 Å². The van der Waals surface area contributed by atoms with Crippen molar-refractivity contribution in [3.8, 4) is 17.2 Å². The summed E-state index contributed by atoms with van der Waals surface area (Å²) in [7, 11) is 3.12. The van der Waals surface area contributed by atoms with Crippen molar-refractivity contribution in [2.45, 2.75) is 13.5 Å². The van der Waals surface area contributed by atoms with Crippen LogP contribution in [-0.2, 0) is 11.4 Å².